The number of hydrogen-bond donors (Lipinski definition) is 1. The SMILES string of the molecule is Cc1ccc(NC(=O)CN2CC=C(c3ccccc3)CC2)c([N+](=O)[O-])c1. The standard InChI is InChI=1S/C20H21N3O3/c1-15-7-8-18(19(13-15)23(25)26)21-20(24)14-22-11-9-17(10-12-22)16-5-3-2-4-6-16/h2-9,13H,10-12,14H2,1H3,(H,21,24). The summed E-state index contributed by atoms with van der Waals surface area (Å²) in [7, 11) is 0. The van der Waals surface area contributed by atoms with Crippen LogP contribution >= 0.6 is 0 Å². The summed E-state index contributed by atoms with van der Waals surface area (Å²) in [6.07, 6.45) is 3.02. The van der Waals surface area contributed by atoms with Gasteiger partial charge in [0.1, 0.15) is 5.69 Å². The maximum absolute atomic E-state index is 12.3. The number of hydrogen-bond acceptors (Lipinski definition) is 4. The van der Waals surface area contributed by atoms with Crippen molar-refractivity contribution in [2.75, 3.05) is 25.0 Å². The summed E-state index contributed by atoms with van der Waals surface area (Å²) in [5, 5.41) is 13.8. The predicted molar refractivity (Wildman–Crippen MR) is 102 cm³/mol. The van der Waals surface area contributed by atoms with Gasteiger partial charge < -0.3 is 5.32 Å². The molecule has 1 amide bonds. The molecule has 0 radical (unpaired) electrons. The van der Waals surface area contributed by atoms with Gasteiger partial charge in [-0.15, -0.1) is 0 Å². The van der Waals surface area contributed by atoms with Crippen LogP contribution in [0.4, 0.5) is 11.4 Å². The van der Waals surface area contributed by atoms with Crippen LogP contribution in [-0.2, 0) is 4.79 Å². The Morgan fingerprint density at radius 3 is 2.65 bits per heavy atom. The van der Waals surface area contributed by atoms with Crippen LogP contribution in [0.15, 0.2) is 54.6 Å². The smallest absolute Gasteiger partial charge is 0.293 e. The van der Waals surface area contributed by atoms with Gasteiger partial charge in [-0.05, 0) is 36.1 Å². The molecule has 0 spiro atoms. The predicted octanol–water partition coefficient (Wildman–Crippen LogP) is 3.63. The zero-order chi connectivity index (χ0) is 18.5. The van der Waals surface area contributed by atoms with Gasteiger partial charge in [-0.1, -0.05) is 42.5 Å². The van der Waals surface area contributed by atoms with E-state index in [2.05, 4.69) is 23.5 Å². The van der Waals surface area contributed by atoms with Crippen molar-refractivity contribution in [2.24, 2.45) is 0 Å². The van der Waals surface area contributed by atoms with Gasteiger partial charge in [-0.2, -0.15) is 0 Å². The van der Waals surface area contributed by atoms with Gasteiger partial charge in [0.05, 0.1) is 11.5 Å². The maximum Gasteiger partial charge on any atom is 0.293 e. The van der Waals surface area contributed by atoms with E-state index in [0.717, 1.165) is 18.5 Å². The summed E-state index contributed by atoms with van der Waals surface area (Å²) >= 11 is 0. The molecule has 0 fully saturated rings. The third kappa shape index (κ3) is 4.34. The molecule has 6 heteroatoms. The molecule has 0 saturated carbocycles. The number of carbonyl (C=O) groups excluding carboxylic acids is 1. The lowest BCUT2D eigenvalue weighted by molar-refractivity contribution is -0.384. The molecule has 1 aliphatic rings. The van der Waals surface area contributed by atoms with Crippen LogP contribution in [0.1, 0.15) is 17.5 Å². The lowest BCUT2D eigenvalue weighted by atomic mass is 10.00. The van der Waals surface area contributed by atoms with E-state index in [1.165, 1.54) is 17.2 Å². The van der Waals surface area contributed by atoms with Crippen molar-refractivity contribution < 1.29 is 9.72 Å². The molecular formula is C20H21N3O3. The minimum absolute atomic E-state index is 0.0803. The maximum atomic E-state index is 12.3. The van der Waals surface area contributed by atoms with Gasteiger partial charge in [0.15, 0.2) is 0 Å². The Morgan fingerprint density at radius 2 is 2.00 bits per heavy atom. The zero-order valence-electron chi connectivity index (χ0n) is 14.6. The molecule has 1 heterocycles. The van der Waals surface area contributed by atoms with E-state index in [0.29, 0.717) is 6.54 Å². The Kier molecular flexibility index (Phi) is 5.43. The number of nitrogens with one attached hydrogen (secondary N) is 1. The van der Waals surface area contributed by atoms with Crippen LogP contribution in [0.3, 0.4) is 0 Å². The van der Waals surface area contributed by atoms with Crippen molar-refractivity contribution in [2.45, 2.75) is 13.3 Å². The Bertz CT molecular complexity index is 847. The Balaban J connectivity index is 1.60. The highest BCUT2D eigenvalue weighted by atomic mass is 16.6. The second kappa shape index (κ2) is 7.93. The molecule has 0 unspecified atom stereocenters. The number of benzene rings is 2. The van der Waals surface area contributed by atoms with Gasteiger partial charge in [0.2, 0.25) is 5.91 Å². The number of nitro benzene ring substituents is 1. The van der Waals surface area contributed by atoms with E-state index in [9.17, 15) is 14.9 Å². The molecular weight excluding hydrogens is 330 g/mol. The lowest BCUT2D eigenvalue weighted by Gasteiger charge is -2.25. The molecule has 1 N–H and O–H groups in total. The van der Waals surface area contributed by atoms with E-state index in [4.69, 9.17) is 0 Å². The van der Waals surface area contributed by atoms with Crippen molar-refractivity contribution in [1.82, 2.24) is 4.90 Å². The van der Waals surface area contributed by atoms with E-state index < -0.39 is 4.92 Å². The fourth-order valence-corrected chi connectivity index (χ4v) is 3.06. The Morgan fingerprint density at radius 1 is 1.23 bits per heavy atom. The summed E-state index contributed by atoms with van der Waals surface area (Å²) in [6, 6.07) is 15.0. The highest BCUT2D eigenvalue weighted by Crippen LogP contribution is 2.26. The van der Waals surface area contributed by atoms with Crippen LogP contribution in [-0.4, -0.2) is 35.4 Å². The molecule has 0 bridgehead atoms. The van der Waals surface area contributed by atoms with Gasteiger partial charge in [0, 0.05) is 19.2 Å². The van der Waals surface area contributed by atoms with E-state index >= 15 is 0 Å². The molecule has 26 heavy (non-hydrogen) atoms. The average Bonchev–Trinajstić information content (AvgIpc) is 2.64. The first kappa shape index (κ1) is 17.8. The van der Waals surface area contributed by atoms with Crippen molar-refractivity contribution in [1.29, 1.82) is 0 Å². The van der Waals surface area contributed by atoms with Crippen LogP contribution in [0, 0.1) is 17.0 Å². The highest BCUT2D eigenvalue weighted by Gasteiger charge is 2.19. The minimum Gasteiger partial charge on any atom is -0.319 e. The number of anilines is 1. The molecule has 134 valence electrons. The first-order valence-corrected chi connectivity index (χ1v) is 8.54. The summed E-state index contributed by atoms with van der Waals surface area (Å²) < 4.78 is 0. The third-order valence-corrected chi connectivity index (χ3v) is 4.43. The molecule has 6 nitrogen and oxygen atoms in total. The molecule has 0 aliphatic carbocycles. The average molecular weight is 351 g/mol. The molecule has 3 rings (SSSR count). The van der Waals surface area contributed by atoms with Crippen LogP contribution < -0.4 is 5.32 Å². The fraction of sp³-hybridized carbons (Fsp3) is 0.250. The number of carbonyl (C=O) groups is 1. The lowest BCUT2D eigenvalue weighted by Crippen LogP contribution is -2.36. The highest BCUT2D eigenvalue weighted by molar-refractivity contribution is 5.94. The van der Waals surface area contributed by atoms with Crippen molar-refractivity contribution >= 4 is 22.9 Å². The van der Waals surface area contributed by atoms with Crippen molar-refractivity contribution in [3.05, 3.63) is 75.8 Å². The van der Waals surface area contributed by atoms with Gasteiger partial charge in [-0.3, -0.25) is 19.8 Å². The Labute approximate surface area is 152 Å². The number of nitrogens with zero attached hydrogens (tertiary/aromatic N) is 2. The topological polar surface area (TPSA) is 75.5 Å². The number of nitro groups is 1. The summed E-state index contributed by atoms with van der Waals surface area (Å²) in [6.45, 7) is 3.46. The third-order valence-electron chi connectivity index (χ3n) is 4.43. The van der Waals surface area contributed by atoms with Crippen LogP contribution in [0.2, 0.25) is 0 Å². The Hall–Kier alpha value is -2.99. The number of rotatable bonds is 5. The summed E-state index contributed by atoms with van der Waals surface area (Å²) in [5.41, 5.74) is 3.44. The van der Waals surface area contributed by atoms with Crippen molar-refractivity contribution in [3.8, 4) is 0 Å². The molecule has 0 atom stereocenters. The quantitative estimate of drug-likeness (QED) is 0.659. The molecule has 2 aromatic rings. The van der Waals surface area contributed by atoms with E-state index in [-0.39, 0.29) is 23.8 Å². The molecule has 2 aromatic carbocycles. The molecule has 0 saturated heterocycles. The number of amides is 1. The second-order valence-corrected chi connectivity index (χ2v) is 6.41. The minimum atomic E-state index is -0.474. The van der Waals surface area contributed by atoms with Crippen LogP contribution in [0.25, 0.3) is 5.57 Å². The van der Waals surface area contributed by atoms with Gasteiger partial charge >= 0.3 is 0 Å². The fourth-order valence-electron chi connectivity index (χ4n) is 3.06. The van der Waals surface area contributed by atoms with E-state index in [1.807, 2.05) is 23.1 Å². The normalized spacial score (nSPS) is 14.6. The second-order valence-electron chi connectivity index (χ2n) is 6.41. The van der Waals surface area contributed by atoms with Crippen LogP contribution in [0.5, 0.6) is 0 Å². The first-order valence-electron chi connectivity index (χ1n) is 8.54. The zero-order valence-corrected chi connectivity index (χ0v) is 14.6. The van der Waals surface area contributed by atoms with Gasteiger partial charge in [0.25, 0.3) is 5.69 Å². The molecule has 0 aromatic heterocycles. The number of aryl methyl sites for hydroxylation is 1. The summed E-state index contributed by atoms with van der Waals surface area (Å²) in [4.78, 5) is 25.0. The largest absolute Gasteiger partial charge is 0.319 e. The van der Waals surface area contributed by atoms with E-state index in [1.54, 1.807) is 19.1 Å². The molecule has 1 aliphatic heterocycles. The van der Waals surface area contributed by atoms with Crippen molar-refractivity contribution in [3.63, 3.8) is 0 Å². The summed E-state index contributed by atoms with van der Waals surface area (Å²) in [5.74, 6) is -0.242. The van der Waals surface area contributed by atoms with Gasteiger partial charge in [-0.25, -0.2) is 0 Å². The first-order chi connectivity index (χ1) is 12.5. The monoisotopic (exact) mass is 351 g/mol.